The van der Waals surface area contributed by atoms with Crippen LogP contribution in [0.3, 0.4) is 0 Å². The summed E-state index contributed by atoms with van der Waals surface area (Å²) in [6.07, 6.45) is 2.70. The van der Waals surface area contributed by atoms with Crippen LogP contribution in [-0.4, -0.2) is 36.0 Å². The first-order chi connectivity index (χ1) is 9.94. The van der Waals surface area contributed by atoms with Crippen LogP contribution < -0.4 is 4.72 Å². The maximum Gasteiger partial charge on any atom is 0.244 e. The van der Waals surface area contributed by atoms with Gasteiger partial charge in [-0.15, -0.1) is 0 Å². The first-order valence-electron chi connectivity index (χ1n) is 6.61. The number of aryl methyl sites for hydroxylation is 1. The zero-order chi connectivity index (χ0) is 15.5. The highest BCUT2D eigenvalue weighted by atomic mass is 32.2. The molecule has 0 amide bonds. The Bertz CT molecular complexity index is 682. The van der Waals surface area contributed by atoms with E-state index in [0.717, 1.165) is 5.56 Å². The molecule has 7 heteroatoms. The summed E-state index contributed by atoms with van der Waals surface area (Å²) in [6.45, 7) is 1.59. The molecule has 1 aromatic heterocycles. The van der Waals surface area contributed by atoms with E-state index in [0.29, 0.717) is 0 Å². The number of hydrogen-bond donors (Lipinski definition) is 2. The molecule has 0 bridgehead atoms. The Labute approximate surface area is 124 Å². The Kier molecular flexibility index (Phi) is 4.76. The summed E-state index contributed by atoms with van der Waals surface area (Å²) < 4.78 is 28.5. The number of aliphatic hydroxyl groups is 1. The molecule has 2 atom stereocenters. The average Bonchev–Trinajstić information content (AvgIpc) is 2.92. The van der Waals surface area contributed by atoms with Gasteiger partial charge in [-0.25, -0.2) is 13.1 Å². The second-order valence-corrected chi connectivity index (χ2v) is 6.67. The van der Waals surface area contributed by atoms with E-state index >= 15 is 0 Å². The van der Waals surface area contributed by atoms with Gasteiger partial charge in [-0.3, -0.25) is 4.68 Å². The minimum absolute atomic E-state index is 0.0868. The summed E-state index contributed by atoms with van der Waals surface area (Å²) in [5.74, 6) is -0.150. The molecule has 0 unspecified atom stereocenters. The van der Waals surface area contributed by atoms with Crippen molar-refractivity contribution < 1.29 is 13.5 Å². The predicted molar refractivity (Wildman–Crippen MR) is 79.3 cm³/mol. The summed E-state index contributed by atoms with van der Waals surface area (Å²) in [6, 6.07) is 8.88. The fraction of sp³-hybridized carbons (Fsp3) is 0.357. The highest BCUT2D eigenvalue weighted by Gasteiger charge is 2.25. The van der Waals surface area contributed by atoms with Crippen molar-refractivity contribution in [1.82, 2.24) is 14.5 Å². The van der Waals surface area contributed by atoms with Crippen molar-refractivity contribution in [2.45, 2.75) is 23.8 Å². The molecule has 21 heavy (non-hydrogen) atoms. The molecule has 0 aliphatic carbocycles. The second kappa shape index (κ2) is 6.38. The largest absolute Gasteiger partial charge is 0.395 e. The van der Waals surface area contributed by atoms with Crippen LogP contribution in [0.1, 0.15) is 18.4 Å². The molecule has 0 fully saturated rings. The molecule has 0 aliphatic heterocycles. The summed E-state index contributed by atoms with van der Waals surface area (Å²) in [5.41, 5.74) is 0.963. The summed E-state index contributed by atoms with van der Waals surface area (Å²) in [4.78, 5) is 0.0868. The van der Waals surface area contributed by atoms with Crippen molar-refractivity contribution in [1.29, 1.82) is 0 Å². The van der Waals surface area contributed by atoms with Crippen molar-refractivity contribution >= 4 is 10.0 Å². The van der Waals surface area contributed by atoms with E-state index in [1.54, 1.807) is 7.05 Å². The molecule has 1 aromatic carbocycles. The Morgan fingerprint density at radius 2 is 2.00 bits per heavy atom. The van der Waals surface area contributed by atoms with Crippen LogP contribution >= 0.6 is 0 Å². The van der Waals surface area contributed by atoms with E-state index in [1.807, 2.05) is 37.3 Å². The lowest BCUT2D eigenvalue weighted by molar-refractivity contribution is 0.242. The van der Waals surface area contributed by atoms with Crippen molar-refractivity contribution in [2.24, 2.45) is 7.05 Å². The zero-order valence-electron chi connectivity index (χ0n) is 12.0. The lowest BCUT2D eigenvalue weighted by Crippen LogP contribution is -2.40. The molecule has 0 radical (unpaired) electrons. The van der Waals surface area contributed by atoms with Crippen LogP contribution in [0.15, 0.2) is 47.6 Å². The maximum atomic E-state index is 12.3. The third-order valence-electron chi connectivity index (χ3n) is 3.42. The van der Waals surface area contributed by atoms with E-state index in [-0.39, 0.29) is 17.4 Å². The standard InChI is InChI=1S/C14H19N3O3S/c1-11(12-6-4-3-5-7-12)14(10-18)16-21(19,20)13-8-15-17(2)9-13/h3-9,11,14,16,18H,10H2,1-2H3/t11-,14+/m1/s1. The van der Waals surface area contributed by atoms with Gasteiger partial charge in [0.25, 0.3) is 0 Å². The minimum atomic E-state index is -3.70. The molecule has 6 nitrogen and oxygen atoms in total. The van der Waals surface area contributed by atoms with Gasteiger partial charge in [-0.1, -0.05) is 37.3 Å². The van der Waals surface area contributed by atoms with Crippen LogP contribution in [0.5, 0.6) is 0 Å². The molecule has 2 rings (SSSR count). The quantitative estimate of drug-likeness (QED) is 0.829. The molecule has 0 saturated heterocycles. The van der Waals surface area contributed by atoms with E-state index in [4.69, 9.17) is 0 Å². The number of sulfonamides is 1. The van der Waals surface area contributed by atoms with Gasteiger partial charge in [0.1, 0.15) is 4.90 Å². The summed E-state index contributed by atoms with van der Waals surface area (Å²) in [7, 11) is -2.05. The first-order valence-corrected chi connectivity index (χ1v) is 8.09. The molecule has 2 aromatic rings. The monoisotopic (exact) mass is 309 g/mol. The Balaban J connectivity index is 2.19. The summed E-state index contributed by atoms with van der Waals surface area (Å²) >= 11 is 0. The molecular weight excluding hydrogens is 290 g/mol. The number of nitrogens with one attached hydrogen (secondary N) is 1. The highest BCUT2D eigenvalue weighted by Crippen LogP contribution is 2.20. The van der Waals surface area contributed by atoms with Crippen LogP contribution in [0.4, 0.5) is 0 Å². The van der Waals surface area contributed by atoms with Gasteiger partial charge in [0.15, 0.2) is 0 Å². The fourth-order valence-electron chi connectivity index (χ4n) is 2.09. The van der Waals surface area contributed by atoms with Gasteiger partial charge in [0.05, 0.1) is 18.8 Å². The second-order valence-electron chi connectivity index (χ2n) is 4.96. The average molecular weight is 309 g/mol. The molecule has 0 spiro atoms. The first kappa shape index (κ1) is 15.7. The number of rotatable bonds is 6. The SMILES string of the molecule is C[C@H](c1ccccc1)[C@H](CO)NS(=O)(=O)c1cnn(C)c1. The van der Waals surface area contributed by atoms with Gasteiger partial charge in [-0.05, 0) is 11.5 Å². The molecule has 0 saturated carbocycles. The van der Waals surface area contributed by atoms with Crippen molar-refractivity contribution in [3.8, 4) is 0 Å². The molecule has 0 aliphatic rings. The lowest BCUT2D eigenvalue weighted by Gasteiger charge is -2.23. The molecular formula is C14H19N3O3S. The number of nitrogens with zero attached hydrogens (tertiary/aromatic N) is 2. The van der Waals surface area contributed by atoms with Crippen LogP contribution in [0.2, 0.25) is 0 Å². The van der Waals surface area contributed by atoms with Gasteiger partial charge in [0, 0.05) is 13.2 Å². The third kappa shape index (κ3) is 3.69. The van der Waals surface area contributed by atoms with E-state index < -0.39 is 16.1 Å². The highest BCUT2D eigenvalue weighted by molar-refractivity contribution is 7.89. The van der Waals surface area contributed by atoms with E-state index in [2.05, 4.69) is 9.82 Å². The molecule has 1 heterocycles. The Morgan fingerprint density at radius 1 is 1.33 bits per heavy atom. The number of aliphatic hydroxyl groups excluding tert-OH is 1. The van der Waals surface area contributed by atoms with Crippen LogP contribution in [0, 0.1) is 0 Å². The Hall–Kier alpha value is -1.70. The minimum Gasteiger partial charge on any atom is -0.395 e. The normalized spacial score (nSPS) is 14.8. The topological polar surface area (TPSA) is 84.2 Å². The van der Waals surface area contributed by atoms with Gasteiger partial charge in [0.2, 0.25) is 10.0 Å². The fourth-order valence-corrected chi connectivity index (χ4v) is 3.38. The van der Waals surface area contributed by atoms with Gasteiger partial charge in [-0.2, -0.15) is 5.10 Å². The van der Waals surface area contributed by atoms with Crippen molar-refractivity contribution in [2.75, 3.05) is 6.61 Å². The third-order valence-corrected chi connectivity index (χ3v) is 4.87. The molecule has 114 valence electrons. The lowest BCUT2D eigenvalue weighted by atomic mass is 9.94. The van der Waals surface area contributed by atoms with Crippen LogP contribution in [0.25, 0.3) is 0 Å². The van der Waals surface area contributed by atoms with E-state index in [9.17, 15) is 13.5 Å². The van der Waals surface area contributed by atoms with Gasteiger partial charge < -0.3 is 5.11 Å². The number of hydrogen-bond acceptors (Lipinski definition) is 4. The van der Waals surface area contributed by atoms with Gasteiger partial charge >= 0.3 is 0 Å². The summed E-state index contributed by atoms with van der Waals surface area (Å²) in [5, 5.41) is 13.4. The number of benzene rings is 1. The van der Waals surface area contributed by atoms with Crippen LogP contribution in [-0.2, 0) is 17.1 Å². The van der Waals surface area contributed by atoms with Crippen molar-refractivity contribution in [3.05, 3.63) is 48.3 Å². The van der Waals surface area contributed by atoms with E-state index in [1.165, 1.54) is 17.1 Å². The van der Waals surface area contributed by atoms with Crippen molar-refractivity contribution in [3.63, 3.8) is 0 Å². The smallest absolute Gasteiger partial charge is 0.244 e. The zero-order valence-corrected chi connectivity index (χ0v) is 12.8. The predicted octanol–water partition coefficient (Wildman–Crippen LogP) is 0.863. The Morgan fingerprint density at radius 3 is 2.52 bits per heavy atom. The number of aromatic nitrogens is 2. The maximum absolute atomic E-state index is 12.3. The molecule has 2 N–H and O–H groups in total.